The molecule has 27 heavy (non-hydrogen) atoms. The summed E-state index contributed by atoms with van der Waals surface area (Å²) in [6, 6.07) is 0.951. The number of hydrogen-bond donors (Lipinski definition) is 0. The zero-order valence-electron chi connectivity index (χ0n) is 19.8. The SMILES string of the molecule is CCN(CC)CCN(CC)C(C)COCC(C)N(CC)CCN(CC)CC. The Kier molecular flexibility index (Phi) is 16.6. The predicted octanol–water partition coefficient (Wildman–Crippen LogP) is 3.11. The van der Waals surface area contributed by atoms with Crippen LogP contribution in [0.2, 0.25) is 0 Å². The van der Waals surface area contributed by atoms with Crippen molar-refractivity contribution in [1.29, 1.82) is 0 Å². The van der Waals surface area contributed by atoms with E-state index in [2.05, 4.69) is 75.0 Å². The van der Waals surface area contributed by atoms with Crippen LogP contribution in [0, 0.1) is 0 Å². The molecule has 2 unspecified atom stereocenters. The molecular weight excluding hydrogens is 336 g/mol. The minimum Gasteiger partial charge on any atom is -0.378 e. The van der Waals surface area contributed by atoms with Gasteiger partial charge in [0.15, 0.2) is 0 Å². The maximum absolute atomic E-state index is 6.13. The molecule has 0 spiro atoms. The molecule has 0 rings (SSSR count). The average Bonchev–Trinajstić information content (AvgIpc) is 2.68. The van der Waals surface area contributed by atoms with E-state index in [1.54, 1.807) is 0 Å². The first-order valence-corrected chi connectivity index (χ1v) is 11.5. The summed E-state index contributed by atoms with van der Waals surface area (Å²) >= 11 is 0. The van der Waals surface area contributed by atoms with E-state index in [9.17, 15) is 0 Å². The summed E-state index contributed by atoms with van der Waals surface area (Å²) in [4.78, 5) is 10.1. The Bertz CT molecular complexity index is 291. The second-order valence-corrected chi connectivity index (χ2v) is 7.55. The fourth-order valence-corrected chi connectivity index (χ4v) is 3.62. The van der Waals surface area contributed by atoms with Crippen LogP contribution in [0.15, 0.2) is 0 Å². The Morgan fingerprint density at radius 1 is 0.519 bits per heavy atom. The molecular formula is C22H50N4O. The molecule has 0 N–H and O–H groups in total. The molecule has 2 atom stereocenters. The van der Waals surface area contributed by atoms with Gasteiger partial charge >= 0.3 is 0 Å². The van der Waals surface area contributed by atoms with Crippen molar-refractivity contribution < 1.29 is 4.74 Å². The van der Waals surface area contributed by atoms with Gasteiger partial charge in [-0.1, -0.05) is 41.5 Å². The highest BCUT2D eigenvalue weighted by Gasteiger charge is 2.16. The summed E-state index contributed by atoms with van der Waals surface area (Å²) in [6.07, 6.45) is 0. The van der Waals surface area contributed by atoms with Crippen LogP contribution in [0.5, 0.6) is 0 Å². The summed E-state index contributed by atoms with van der Waals surface area (Å²) in [7, 11) is 0. The summed E-state index contributed by atoms with van der Waals surface area (Å²) in [6.45, 7) is 31.0. The maximum Gasteiger partial charge on any atom is 0.0619 e. The third kappa shape index (κ3) is 11.4. The molecule has 0 aliphatic rings. The number of hydrogen-bond acceptors (Lipinski definition) is 5. The van der Waals surface area contributed by atoms with Gasteiger partial charge in [0.1, 0.15) is 0 Å². The Morgan fingerprint density at radius 2 is 0.852 bits per heavy atom. The van der Waals surface area contributed by atoms with Crippen LogP contribution in [0.25, 0.3) is 0 Å². The summed E-state index contributed by atoms with van der Waals surface area (Å²) in [5.41, 5.74) is 0. The van der Waals surface area contributed by atoms with Crippen molar-refractivity contribution in [1.82, 2.24) is 19.6 Å². The van der Waals surface area contributed by atoms with Gasteiger partial charge in [-0.2, -0.15) is 0 Å². The number of ether oxygens (including phenoxy) is 1. The molecule has 5 nitrogen and oxygen atoms in total. The Morgan fingerprint density at radius 3 is 1.11 bits per heavy atom. The fraction of sp³-hybridized carbons (Fsp3) is 1.00. The van der Waals surface area contributed by atoms with Gasteiger partial charge in [-0.25, -0.2) is 0 Å². The lowest BCUT2D eigenvalue weighted by molar-refractivity contribution is 0.0289. The van der Waals surface area contributed by atoms with Crippen LogP contribution in [0.3, 0.4) is 0 Å². The monoisotopic (exact) mass is 386 g/mol. The normalized spacial score (nSPS) is 14.7. The standard InChI is InChI=1S/C22H50N4O/c1-9-23(10-2)15-17-25(13-5)21(7)19-27-20-22(8)26(14-6)18-16-24(11-3)12-4/h21-22H,9-20H2,1-8H3. The second kappa shape index (κ2) is 16.7. The first-order valence-electron chi connectivity index (χ1n) is 11.5. The summed E-state index contributed by atoms with van der Waals surface area (Å²) < 4.78 is 6.13. The number of likely N-dealkylation sites (N-methyl/N-ethyl adjacent to an activating group) is 4. The molecule has 0 saturated carbocycles. The van der Waals surface area contributed by atoms with E-state index in [4.69, 9.17) is 4.74 Å². The molecule has 0 aromatic heterocycles. The molecule has 0 aromatic carbocycles. The molecule has 0 heterocycles. The van der Waals surface area contributed by atoms with Crippen LogP contribution >= 0.6 is 0 Å². The maximum atomic E-state index is 6.13. The highest BCUT2D eigenvalue weighted by atomic mass is 16.5. The molecule has 0 saturated heterocycles. The van der Waals surface area contributed by atoms with E-state index in [0.29, 0.717) is 12.1 Å². The van der Waals surface area contributed by atoms with Crippen molar-refractivity contribution in [2.24, 2.45) is 0 Å². The van der Waals surface area contributed by atoms with Crippen LogP contribution in [-0.4, -0.2) is 110 Å². The highest BCUT2D eigenvalue weighted by molar-refractivity contribution is 4.70. The van der Waals surface area contributed by atoms with Gasteiger partial charge in [-0.3, -0.25) is 9.80 Å². The quantitative estimate of drug-likeness (QED) is 0.360. The smallest absolute Gasteiger partial charge is 0.0619 e. The molecule has 0 radical (unpaired) electrons. The van der Waals surface area contributed by atoms with E-state index in [1.807, 2.05) is 0 Å². The topological polar surface area (TPSA) is 22.2 Å². The lowest BCUT2D eigenvalue weighted by atomic mass is 10.2. The largest absolute Gasteiger partial charge is 0.378 e. The van der Waals surface area contributed by atoms with Crippen molar-refractivity contribution in [3.05, 3.63) is 0 Å². The van der Waals surface area contributed by atoms with Crippen LogP contribution in [0.1, 0.15) is 55.4 Å². The van der Waals surface area contributed by atoms with E-state index < -0.39 is 0 Å². The molecule has 0 aromatic rings. The zero-order valence-corrected chi connectivity index (χ0v) is 19.8. The van der Waals surface area contributed by atoms with Crippen LogP contribution < -0.4 is 0 Å². The minimum atomic E-state index is 0.475. The summed E-state index contributed by atoms with van der Waals surface area (Å²) in [5.74, 6) is 0. The lowest BCUT2D eigenvalue weighted by Gasteiger charge is -2.32. The van der Waals surface area contributed by atoms with Gasteiger partial charge in [0.2, 0.25) is 0 Å². The molecule has 0 aliphatic heterocycles. The zero-order chi connectivity index (χ0) is 20.7. The van der Waals surface area contributed by atoms with Crippen molar-refractivity contribution in [2.75, 3.05) is 78.7 Å². The molecule has 0 fully saturated rings. The van der Waals surface area contributed by atoms with Crippen molar-refractivity contribution >= 4 is 0 Å². The fourth-order valence-electron chi connectivity index (χ4n) is 3.62. The summed E-state index contributed by atoms with van der Waals surface area (Å²) in [5, 5.41) is 0. The Hall–Kier alpha value is -0.200. The van der Waals surface area contributed by atoms with Crippen molar-refractivity contribution in [2.45, 2.75) is 67.5 Å². The highest BCUT2D eigenvalue weighted by Crippen LogP contribution is 2.04. The van der Waals surface area contributed by atoms with E-state index in [-0.39, 0.29) is 0 Å². The van der Waals surface area contributed by atoms with Crippen LogP contribution in [0.4, 0.5) is 0 Å². The van der Waals surface area contributed by atoms with Gasteiger partial charge in [0.25, 0.3) is 0 Å². The van der Waals surface area contributed by atoms with Gasteiger partial charge < -0.3 is 14.5 Å². The van der Waals surface area contributed by atoms with Gasteiger partial charge in [0.05, 0.1) is 13.2 Å². The first kappa shape index (κ1) is 26.8. The van der Waals surface area contributed by atoms with E-state index in [0.717, 1.165) is 78.7 Å². The lowest BCUT2D eigenvalue weighted by Crippen LogP contribution is -2.44. The Balaban J connectivity index is 4.24. The predicted molar refractivity (Wildman–Crippen MR) is 120 cm³/mol. The van der Waals surface area contributed by atoms with Crippen LogP contribution in [-0.2, 0) is 4.74 Å². The van der Waals surface area contributed by atoms with Gasteiger partial charge in [0, 0.05) is 38.3 Å². The second-order valence-electron chi connectivity index (χ2n) is 7.55. The van der Waals surface area contributed by atoms with E-state index >= 15 is 0 Å². The van der Waals surface area contributed by atoms with Gasteiger partial charge in [-0.05, 0) is 53.1 Å². The molecule has 0 bridgehead atoms. The molecule has 0 amide bonds. The van der Waals surface area contributed by atoms with Crippen molar-refractivity contribution in [3.63, 3.8) is 0 Å². The average molecular weight is 387 g/mol. The first-order chi connectivity index (χ1) is 13.0. The van der Waals surface area contributed by atoms with Gasteiger partial charge in [-0.15, -0.1) is 0 Å². The van der Waals surface area contributed by atoms with Crippen molar-refractivity contribution in [3.8, 4) is 0 Å². The third-order valence-electron chi connectivity index (χ3n) is 5.97. The third-order valence-corrected chi connectivity index (χ3v) is 5.97. The molecule has 5 heteroatoms. The Labute approximate surface area is 171 Å². The molecule has 0 aliphatic carbocycles. The number of nitrogens with zero attached hydrogens (tertiary/aromatic N) is 4. The number of rotatable bonds is 18. The minimum absolute atomic E-state index is 0.475. The molecule has 164 valence electrons. The van der Waals surface area contributed by atoms with E-state index in [1.165, 1.54) is 0 Å².